The standard InChI is InChI=1S/C26H33FN6/c1-17-9-10-19(12-21(17)18-8-7-11-28-15-18)31-24-29-16-22(27)23(32-24)30-20-13-25(2,3)33(6)26(4,5)14-20/h7-12,15-16,20H,13-14H2,1-6H3,(H2,29,30,31,32). The third-order valence-electron chi connectivity index (χ3n) is 6.86. The molecule has 7 heteroatoms. The van der Waals surface area contributed by atoms with Crippen LogP contribution >= 0.6 is 0 Å². The van der Waals surface area contributed by atoms with Crippen molar-refractivity contribution in [2.45, 2.75) is 64.6 Å². The Balaban J connectivity index is 1.55. The van der Waals surface area contributed by atoms with Crippen molar-refractivity contribution in [3.8, 4) is 11.1 Å². The molecule has 1 aromatic carbocycles. The maximum Gasteiger partial charge on any atom is 0.229 e. The summed E-state index contributed by atoms with van der Waals surface area (Å²) in [6, 6.07) is 10.1. The van der Waals surface area contributed by atoms with Crippen LogP contribution in [-0.2, 0) is 0 Å². The molecule has 4 rings (SSSR count). The topological polar surface area (TPSA) is 66.0 Å². The van der Waals surface area contributed by atoms with Crippen LogP contribution in [-0.4, -0.2) is 44.0 Å². The van der Waals surface area contributed by atoms with E-state index in [4.69, 9.17) is 0 Å². The average molecular weight is 449 g/mol. The van der Waals surface area contributed by atoms with Crippen LogP contribution in [0.2, 0.25) is 0 Å². The molecule has 1 aliphatic rings. The molecule has 0 unspecified atom stereocenters. The predicted molar refractivity (Wildman–Crippen MR) is 132 cm³/mol. The molecule has 2 N–H and O–H groups in total. The summed E-state index contributed by atoms with van der Waals surface area (Å²) in [6.07, 6.45) is 6.61. The van der Waals surface area contributed by atoms with Crippen LogP contribution < -0.4 is 10.6 Å². The van der Waals surface area contributed by atoms with Crippen molar-refractivity contribution in [1.29, 1.82) is 0 Å². The van der Waals surface area contributed by atoms with E-state index in [1.54, 1.807) is 6.20 Å². The number of likely N-dealkylation sites (tertiary alicyclic amines) is 1. The van der Waals surface area contributed by atoms with E-state index in [0.29, 0.717) is 5.95 Å². The molecule has 2 aromatic heterocycles. The van der Waals surface area contributed by atoms with Gasteiger partial charge in [-0.1, -0.05) is 12.1 Å². The number of aromatic nitrogens is 3. The number of nitrogens with one attached hydrogen (secondary N) is 2. The highest BCUT2D eigenvalue weighted by Gasteiger charge is 2.43. The van der Waals surface area contributed by atoms with Crippen molar-refractivity contribution >= 4 is 17.5 Å². The molecule has 0 amide bonds. The smallest absolute Gasteiger partial charge is 0.229 e. The third-order valence-corrected chi connectivity index (χ3v) is 6.86. The van der Waals surface area contributed by atoms with Gasteiger partial charge in [0.25, 0.3) is 0 Å². The lowest BCUT2D eigenvalue weighted by molar-refractivity contribution is -0.00778. The Morgan fingerprint density at radius 3 is 2.45 bits per heavy atom. The van der Waals surface area contributed by atoms with Gasteiger partial charge in [-0.15, -0.1) is 0 Å². The molecule has 1 saturated heterocycles. The molecule has 6 nitrogen and oxygen atoms in total. The lowest BCUT2D eigenvalue weighted by Crippen LogP contribution is -2.61. The van der Waals surface area contributed by atoms with E-state index in [2.05, 4.69) is 72.2 Å². The minimum Gasteiger partial charge on any atom is -0.365 e. The molecule has 0 spiro atoms. The second-order valence-corrected chi connectivity index (χ2v) is 10.2. The minimum absolute atomic E-state index is 0.00536. The molecule has 33 heavy (non-hydrogen) atoms. The van der Waals surface area contributed by atoms with Gasteiger partial charge in [0.1, 0.15) is 0 Å². The molecule has 1 fully saturated rings. The number of rotatable bonds is 5. The molecule has 0 saturated carbocycles. The zero-order chi connectivity index (χ0) is 23.8. The summed E-state index contributed by atoms with van der Waals surface area (Å²) in [5.41, 5.74) is 4.07. The zero-order valence-corrected chi connectivity index (χ0v) is 20.3. The van der Waals surface area contributed by atoms with Crippen LogP contribution in [0.1, 0.15) is 46.1 Å². The summed E-state index contributed by atoms with van der Waals surface area (Å²) in [5.74, 6) is 0.134. The van der Waals surface area contributed by atoms with E-state index in [9.17, 15) is 4.39 Å². The normalized spacial score (nSPS) is 18.2. The first-order valence-corrected chi connectivity index (χ1v) is 11.4. The first-order valence-electron chi connectivity index (χ1n) is 11.4. The first-order chi connectivity index (χ1) is 15.5. The number of piperidine rings is 1. The minimum atomic E-state index is -0.449. The molecule has 1 aliphatic heterocycles. The highest BCUT2D eigenvalue weighted by atomic mass is 19.1. The Labute approximate surface area is 195 Å². The number of anilines is 3. The second kappa shape index (κ2) is 8.71. The van der Waals surface area contributed by atoms with E-state index in [0.717, 1.165) is 35.2 Å². The maximum atomic E-state index is 14.6. The molecule has 0 bridgehead atoms. The fourth-order valence-electron chi connectivity index (χ4n) is 4.86. The number of hydrogen-bond acceptors (Lipinski definition) is 6. The van der Waals surface area contributed by atoms with Gasteiger partial charge in [0, 0.05) is 40.8 Å². The Hall–Kier alpha value is -3.06. The van der Waals surface area contributed by atoms with Gasteiger partial charge in [-0.3, -0.25) is 9.88 Å². The van der Waals surface area contributed by atoms with Gasteiger partial charge in [0.15, 0.2) is 11.6 Å². The molecular formula is C26H33FN6. The van der Waals surface area contributed by atoms with Gasteiger partial charge >= 0.3 is 0 Å². The van der Waals surface area contributed by atoms with Gasteiger partial charge in [-0.2, -0.15) is 4.98 Å². The van der Waals surface area contributed by atoms with E-state index in [1.807, 2.05) is 36.5 Å². The molecule has 3 aromatic rings. The van der Waals surface area contributed by atoms with Crippen molar-refractivity contribution < 1.29 is 4.39 Å². The van der Waals surface area contributed by atoms with Crippen LogP contribution in [0.3, 0.4) is 0 Å². The largest absolute Gasteiger partial charge is 0.365 e. The van der Waals surface area contributed by atoms with Crippen molar-refractivity contribution in [2.75, 3.05) is 17.7 Å². The number of hydrogen-bond donors (Lipinski definition) is 2. The van der Waals surface area contributed by atoms with Gasteiger partial charge < -0.3 is 10.6 Å². The maximum absolute atomic E-state index is 14.6. The van der Waals surface area contributed by atoms with Crippen molar-refractivity contribution in [3.63, 3.8) is 0 Å². The Morgan fingerprint density at radius 2 is 1.79 bits per heavy atom. The lowest BCUT2D eigenvalue weighted by Gasteiger charge is -2.53. The fraction of sp³-hybridized carbons (Fsp3) is 0.423. The summed E-state index contributed by atoms with van der Waals surface area (Å²) in [5, 5.41) is 6.58. The van der Waals surface area contributed by atoms with Crippen molar-refractivity contribution in [1.82, 2.24) is 19.9 Å². The molecule has 3 heterocycles. The first kappa shape index (κ1) is 23.1. The summed E-state index contributed by atoms with van der Waals surface area (Å²) in [4.78, 5) is 15.3. The molecular weight excluding hydrogens is 415 g/mol. The molecule has 0 radical (unpaired) electrons. The van der Waals surface area contributed by atoms with E-state index >= 15 is 0 Å². The number of pyridine rings is 1. The Morgan fingerprint density at radius 1 is 1.06 bits per heavy atom. The molecule has 0 atom stereocenters. The highest BCUT2D eigenvalue weighted by molar-refractivity contribution is 5.72. The van der Waals surface area contributed by atoms with Crippen LogP contribution in [0, 0.1) is 12.7 Å². The second-order valence-electron chi connectivity index (χ2n) is 10.2. The fourth-order valence-corrected chi connectivity index (χ4v) is 4.86. The van der Waals surface area contributed by atoms with Gasteiger partial charge in [-0.25, -0.2) is 9.37 Å². The Kier molecular flexibility index (Phi) is 6.10. The van der Waals surface area contributed by atoms with Crippen LogP contribution in [0.15, 0.2) is 48.9 Å². The van der Waals surface area contributed by atoms with E-state index in [1.165, 1.54) is 6.20 Å². The summed E-state index contributed by atoms with van der Waals surface area (Å²) in [7, 11) is 2.16. The van der Waals surface area contributed by atoms with E-state index < -0.39 is 5.82 Å². The molecule has 0 aliphatic carbocycles. The van der Waals surface area contributed by atoms with Crippen molar-refractivity contribution in [3.05, 3.63) is 60.3 Å². The lowest BCUT2D eigenvalue weighted by atomic mass is 9.77. The summed E-state index contributed by atoms with van der Waals surface area (Å²) in [6.45, 7) is 11.0. The monoisotopic (exact) mass is 448 g/mol. The van der Waals surface area contributed by atoms with Crippen LogP contribution in [0.4, 0.5) is 21.8 Å². The quantitative estimate of drug-likeness (QED) is 0.515. The number of aryl methyl sites for hydroxylation is 1. The number of benzene rings is 1. The zero-order valence-electron chi connectivity index (χ0n) is 20.3. The average Bonchev–Trinajstić information content (AvgIpc) is 2.76. The summed E-state index contributed by atoms with van der Waals surface area (Å²) < 4.78 is 14.6. The van der Waals surface area contributed by atoms with Crippen LogP contribution in [0.5, 0.6) is 0 Å². The van der Waals surface area contributed by atoms with Crippen molar-refractivity contribution in [2.24, 2.45) is 0 Å². The van der Waals surface area contributed by atoms with Crippen LogP contribution in [0.25, 0.3) is 11.1 Å². The SMILES string of the molecule is Cc1ccc(Nc2ncc(F)c(NC3CC(C)(C)N(C)C(C)(C)C3)n2)cc1-c1cccnc1. The highest BCUT2D eigenvalue weighted by Crippen LogP contribution is 2.38. The van der Waals surface area contributed by atoms with Gasteiger partial charge in [0.2, 0.25) is 5.95 Å². The van der Waals surface area contributed by atoms with Gasteiger partial charge in [-0.05, 0) is 83.8 Å². The number of nitrogens with zero attached hydrogens (tertiary/aromatic N) is 4. The number of halogens is 1. The Bertz CT molecular complexity index is 1110. The third kappa shape index (κ3) is 4.98. The van der Waals surface area contributed by atoms with E-state index in [-0.39, 0.29) is 22.9 Å². The van der Waals surface area contributed by atoms with Gasteiger partial charge in [0.05, 0.1) is 6.20 Å². The predicted octanol–water partition coefficient (Wildman–Crippen LogP) is 5.79. The molecule has 174 valence electrons. The summed E-state index contributed by atoms with van der Waals surface area (Å²) >= 11 is 0.